The second-order valence-corrected chi connectivity index (χ2v) is 7.62. The largest absolute Gasteiger partial charge is 0.480 e. The van der Waals surface area contributed by atoms with Crippen LogP contribution in [0.1, 0.15) is 46.9 Å². The van der Waals surface area contributed by atoms with Crippen LogP contribution in [0.3, 0.4) is 0 Å². The lowest BCUT2D eigenvalue weighted by molar-refractivity contribution is -0.140. The molecule has 2 heterocycles. The van der Waals surface area contributed by atoms with Gasteiger partial charge >= 0.3 is 5.97 Å². The third kappa shape index (κ3) is 4.08. The Bertz CT molecular complexity index is 948. The molecule has 2 rings (SSSR count). The van der Waals surface area contributed by atoms with Gasteiger partial charge in [0.1, 0.15) is 15.9 Å². The molecular weight excluding hydrogens is 368 g/mol. The summed E-state index contributed by atoms with van der Waals surface area (Å²) in [5.41, 5.74) is 1.99. The van der Waals surface area contributed by atoms with E-state index < -0.39 is 17.9 Å². The monoisotopic (exact) mass is 392 g/mol. The normalized spacial score (nSPS) is 13.3. The molecule has 2 N–H and O–H groups in total. The minimum Gasteiger partial charge on any atom is -0.480 e. The average Bonchev–Trinajstić information content (AvgIpc) is 2.98. The zero-order valence-electron chi connectivity index (χ0n) is 16.3. The maximum Gasteiger partial charge on any atom is 0.326 e. The van der Waals surface area contributed by atoms with E-state index in [1.54, 1.807) is 34.7 Å². The molecule has 0 radical (unpaired) electrons. The van der Waals surface area contributed by atoms with Crippen LogP contribution in [-0.4, -0.2) is 37.8 Å². The van der Waals surface area contributed by atoms with E-state index in [0.29, 0.717) is 38.8 Å². The lowest BCUT2D eigenvalue weighted by Crippen LogP contribution is -2.44. The van der Waals surface area contributed by atoms with Crippen molar-refractivity contribution in [2.45, 2.75) is 47.1 Å². The number of aromatic nitrogens is 3. The van der Waals surface area contributed by atoms with Crippen molar-refractivity contribution in [3.05, 3.63) is 32.2 Å². The molecule has 2 aromatic heterocycles. The van der Waals surface area contributed by atoms with Crippen molar-refractivity contribution in [2.75, 3.05) is 0 Å². The summed E-state index contributed by atoms with van der Waals surface area (Å²) in [6, 6.07) is -0.981. The number of aliphatic carboxylic acids is 1. The van der Waals surface area contributed by atoms with E-state index in [2.05, 4.69) is 15.4 Å². The summed E-state index contributed by atoms with van der Waals surface area (Å²) in [6.07, 6.45) is 0.621. The third-order valence-corrected chi connectivity index (χ3v) is 5.88. The van der Waals surface area contributed by atoms with Gasteiger partial charge in [0.15, 0.2) is 0 Å². The Labute approximate surface area is 161 Å². The number of carbonyl (C=O) groups excluding carboxylic acids is 1. The first kappa shape index (κ1) is 20.8. The Morgan fingerprint density at radius 2 is 1.89 bits per heavy atom. The highest BCUT2D eigenvalue weighted by molar-refractivity contribution is 7.17. The van der Waals surface area contributed by atoms with Gasteiger partial charge in [0.05, 0.1) is 17.0 Å². The smallest absolute Gasteiger partial charge is 0.326 e. The van der Waals surface area contributed by atoms with Crippen LogP contribution in [0.4, 0.5) is 0 Å². The molecule has 0 saturated heterocycles. The molecule has 9 heteroatoms. The highest BCUT2D eigenvalue weighted by Gasteiger charge is 2.28. The van der Waals surface area contributed by atoms with E-state index >= 15 is 0 Å². The summed E-state index contributed by atoms with van der Waals surface area (Å²) in [6.45, 7) is 8.90. The van der Waals surface area contributed by atoms with Gasteiger partial charge in [-0.3, -0.25) is 9.59 Å². The Balaban J connectivity index is 2.44. The molecule has 1 amide bonds. The zero-order valence-corrected chi connectivity index (χ0v) is 17.1. The van der Waals surface area contributed by atoms with Gasteiger partial charge in [0.25, 0.3) is 11.5 Å². The zero-order chi connectivity index (χ0) is 20.5. The van der Waals surface area contributed by atoms with Crippen molar-refractivity contribution in [3.8, 4) is 10.6 Å². The Morgan fingerprint density at radius 3 is 2.44 bits per heavy atom. The summed E-state index contributed by atoms with van der Waals surface area (Å²) in [5.74, 6) is -1.78. The molecule has 0 saturated carbocycles. The van der Waals surface area contributed by atoms with E-state index in [-0.39, 0.29) is 11.5 Å². The Kier molecular flexibility index (Phi) is 6.15. The number of hydrogen-bond donors (Lipinski definition) is 2. The van der Waals surface area contributed by atoms with E-state index in [1.807, 2.05) is 6.92 Å². The number of hydrogen-bond acceptors (Lipinski definition) is 6. The molecule has 146 valence electrons. The number of aryl methyl sites for hydroxylation is 3. The van der Waals surface area contributed by atoms with Crippen molar-refractivity contribution >= 4 is 23.2 Å². The first-order chi connectivity index (χ1) is 12.6. The van der Waals surface area contributed by atoms with Gasteiger partial charge in [-0.15, -0.1) is 11.3 Å². The summed E-state index contributed by atoms with van der Waals surface area (Å²) >= 11 is 1.08. The van der Waals surface area contributed by atoms with Gasteiger partial charge < -0.3 is 10.4 Å². The van der Waals surface area contributed by atoms with Crippen molar-refractivity contribution in [1.29, 1.82) is 0 Å². The van der Waals surface area contributed by atoms with Crippen LogP contribution in [0.15, 0.2) is 4.79 Å². The Morgan fingerprint density at radius 1 is 1.26 bits per heavy atom. The highest BCUT2D eigenvalue weighted by Crippen LogP contribution is 2.28. The van der Waals surface area contributed by atoms with Crippen LogP contribution in [0, 0.1) is 26.7 Å². The number of carbonyl (C=O) groups is 2. The van der Waals surface area contributed by atoms with Gasteiger partial charge in [0.2, 0.25) is 0 Å². The van der Waals surface area contributed by atoms with Crippen molar-refractivity contribution in [1.82, 2.24) is 20.1 Å². The van der Waals surface area contributed by atoms with Crippen LogP contribution >= 0.6 is 11.3 Å². The molecule has 0 aliphatic heterocycles. The topological polar surface area (TPSA) is 114 Å². The summed E-state index contributed by atoms with van der Waals surface area (Å²) in [5, 5.41) is 16.5. The lowest BCUT2D eigenvalue weighted by Gasteiger charge is -2.19. The summed E-state index contributed by atoms with van der Waals surface area (Å²) < 4.78 is 1.25. The number of nitrogens with zero attached hydrogens (tertiary/aromatic N) is 3. The Hall–Kier alpha value is -2.55. The second-order valence-electron chi connectivity index (χ2n) is 6.62. The summed E-state index contributed by atoms with van der Waals surface area (Å²) in [4.78, 5) is 41.3. The summed E-state index contributed by atoms with van der Waals surface area (Å²) in [7, 11) is 1.57. The third-order valence-electron chi connectivity index (χ3n) is 4.71. The quantitative estimate of drug-likeness (QED) is 0.778. The minimum atomic E-state index is -1.07. The van der Waals surface area contributed by atoms with Crippen LogP contribution in [0.5, 0.6) is 0 Å². The average molecular weight is 392 g/mol. The molecule has 0 fully saturated rings. The molecular formula is C18H24N4O4S. The molecule has 0 unspecified atom stereocenters. The standard InChI is InChI=1S/C18H24N4O4S/c1-7-8(2)13(18(25)26)20-15(23)14-11(5)19-16(27-14)12-9(3)10(4)21-22(6)17(12)24/h8,13H,7H2,1-6H3,(H,20,23)(H,25,26)/t8-,13-/m0/s1. The lowest BCUT2D eigenvalue weighted by atomic mass is 9.99. The maximum absolute atomic E-state index is 12.6. The van der Waals surface area contributed by atoms with Crippen molar-refractivity contribution < 1.29 is 14.7 Å². The number of thiazole rings is 1. The molecule has 0 aliphatic rings. The molecule has 0 aliphatic carbocycles. The number of rotatable bonds is 6. The number of carboxylic acid groups (broad SMARTS) is 1. The van der Waals surface area contributed by atoms with Crippen LogP contribution in [0.25, 0.3) is 10.6 Å². The predicted octanol–water partition coefficient (Wildman–Crippen LogP) is 2.06. The molecule has 27 heavy (non-hydrogen) atoms. The van der Waals surface area contributed by atoms with E-state index in [0.717, 1.165) is 11.3 Å². The van der Waals surface area contributed by atoms with Gasteiger partial charge in [-0.1, -0.05) is 20.3 Å². The number of nitrogens with one attached hydrogen (secondary N) is 1. The number of amides is 1. The first-order valence-electron chi connectivity index (χ1n) is 8.64. The molecule has 0 bridgehead atoms. The van der Waals surface area contributed by atoms with Gasteiger partial charge in [-0.05, 0) is 32.3 Å². The van der Waals surface area contributed by atoms with Gasteiger partial charge in [0, 0.05) is 7.05 Å². The van der Waals surface area contributed by atoms with Gasteiger partial charge in [-0.2, -0.15) is 5.10 Å². The fourth-order valence-electron chi connectivity index (χ4n) is 2.70. The van der Waals surface area contributed by atoms with Crippen LogP contribution in [-0.2, 0) is 11.8 Å². The van der Waals surface area contributed by atoms with Crippen molar-refractivity contribution in [2.24, 2.45) is 13.0 Å². The minimum absolute atomic E-state index is 0.212. The fourth-order valence-corrected chi connectivity index (χ4v) is 3.77. The molecule has 2 atom stereocenters. The van der Waals surface area contributed by atoms with Gasteiger partial charge in [-0.25, -0.2) is 14.5 Å². The molecule has 0 spiro atoms. The number of carboxylic acids is 1. The van der Waals surface area contributed by atoms with E-state index in [9.17, 15) is 19.5 Å². The fraction of sp³-hybridized carbons (Fsp3) is 0.500. The predicted molar refractivity (Wildman–Crippen MR) is 103 cm³/mol. The van der Waals surface area contributed by atoms with Crippen LogP contribution < -0.4 is 10.9 Å². The van der Waals surface area contributed by atoms with Crippen molar-refractivity contribution in [3.63, 3.8) is 0 Å². The molecule has 2 aromatic rings. The molecule has 8 nitrogen and oxygen atoms in total. The maximum atomic E-state index is 12.6. The molecule has 0 aromatic carbocycles. The van der Waals surface area contributed by atoms with E-state index in [4.69, 9.17) is 0 Å². The second kappa shape index (κ2) is 7.99. The SMILES string of the molecule is CC[C@H](C)[C@H](NC(=O)c1sc(-c2c(C)c(C)nn(C)c2=O)nc1C)C(=O)O. The van der Waals surface area contributed by atoms with Crippen LogP contribution in [0.2, 0.25) is 0 Å². The van der Waals surface area contributed by atoms with E-state index in [1.165, 1.54) is 4.68 Å². The first-order valence-corrected chi connectivity index (χ1v) is 9.46. The highest BCUT2D eigenvalue weighted by atomic mass is 32.1.